The van der Waals surface area contributed by atoms with Gasteiger partial charge in [0.25, 0.3) is 12.3 Å². The molecule has 0 spiro atoms. The van der Waals surface area contributed by atoms with Crippen LogP contribution in [0.5, 0.6) is 5.75 Å². The summed E-state index contributed by atoms with van der Waals surface area (Å²) in [5, 5.41) is 11.4. The van der Waals surface area contributed by atoms with Crippen LogP contribution in [0.4, 0.5) is 19.7 Å². The maximum absolute atomic E-state index is 13.6. The number of pyridine rings is 2. The van der Waals surface area contributed by atoms with E-state index in [0.29, 0.717) is 29.7 Å². The van der Waals surface area contributed by atoms with Gasteiger partial charge in [-0.25, -0.2) is 13.8 Å². The number of amides is 2. The van der Waals surface area contributed by atoms with Crippen molar-refractivity contribution in [1.82, 2.24) is 20.2 Å². The zero-order valence-electron chi connectivity index (χ0n) is 20.5. The third-order valence-corrected chi connectivity index (χ3v) is 6.97. The Morgan fingerprint density at radius 2 is 2.00 bits per heavy atom. The van der Waals surface area contributed by atoms with Crippen LogP contribution < -0.4 is 15.0 Å². The third kappa shape index (κ3) is 5.78. The Bertz CT molecular complexity index is 1430. The number of anilines is 2. The van der Waals surface area contributed by atoms with Crippen LogP contribution >= 0.6 is 11.3 Å². The van der Waals surface area contributed by atoms with Crippen molar-refractivity contribution in [3.05, 3.63) is 40.8 Å². The number of aromatic nitrogens is 4. The Hall–Kier alpha value is -3.98. The fraction of sp³-hybridized carbons (Fsp3) is 0.385. The molecule has 3 aromatic rings. The minimum Gasteiger partial charge on any atom is -0.494 e. The van der Waals surface area contributed by atoms with E-state index in [1.165, 1.54) is 25.6 Å². The first-order valence-corrected chi connectivity index (χ1v) is 13.0. The van der Waals surface area contributed by atoms with E-state index in [1.807, 2.05) is 0 Å². The molecule has 0 atom stereocenters. The van der Waals surface area contributed by atoms with Crippen LogP contribution in [0.15, 0.2) is 24.5 Å². The SMILES string of the molecule is COc1cnc(C(F)F)cc1-c1cc(N2CCCCCC2=O)ncc1C(=O)Nc1nnc(C#CC2CC2)s1. The summed E-state index contributed by atoms with van der Waals surface area (Å²) in [6, 6.07) is 2.73. The molecule has 38 heavy (non-hydrogen) atoms. The fourth-order valence-corrected chi connectivity index (χ4v) is 4.65. The average Bonchev–Trinajstić information content (AvgIpc) is 3.69. The van der Waals surface area contributed by atoms with Gasteiger partial charge in [-0.05, 0) is 43.7 Å². The van der Waals surface area contributed by atoms with Gasteiger partial charge in [0.1, 0.15) is 17.3 Å². The smallest absolute Gasteiger partial charge is 0.280 e. The molecule has 196 valence electrons. The second-order valence-corrected chi connectivity index (χ2v) is 9.94. The van der Waals surface area contributed by atoms with Gasteiger partial charge in [0.15, 0.2) is 5.01 Å². The largest absolute Gasteiger partial charge is 0.494 e. The Morgan fingerprint density at radius 1 is 1.16 bits per heavy atom. The van der Waals surface area contributed by atoms with Gasteiger partial charge >= 0.3 is 0 Å². The van der Waals surface area contributed by atoms with E-state index in [0.717, 1.165) is 43.4 Å². The number of nitrogens with zero attached hydrogens (tertiary/aromatic N) is 5. The Morgan fingerprint density at radius 3 is 2.76 bits per heavy atom. The van der Waals surface area contributed by atoms with E-state index in [4.69, 9.17) is 4.74 Å². The summed E-state index contributed by atoms with van der Waals surface area (Å²) in [7, 11) is 1.38. The molecule has 0 bridgehead atoms. The topological polar surface area (TPSA) is 110 Å². The molecule has 2 amide bonds. The van der Waals surface area contributed by atoms with Crippen LogP contribution in [0.3, 0.4) is 0 Å². The number of ether oxygens (including phenoxy) is 1. The molecular formula is C26H24F2N6O3S. The van der Waals surface area contributed by atoms with E-state index >= 15 is 0 Å². The molecule has 2 fully saturated rings. The van der Waals surface area contributed by atoms with E-state index in [9.17, 15) is 18.4 Å². The standard InChI is InChI=1S/C26H24F2N6O3S/c1-37-20-14-29-19(24(27)28)11-17(20)16-12-21(34-10-4-2-3-5-23(34)35)30-13-18(16)25(36)31-26-33-32-22(38-26)9-8-15-6-7-15/h11-15,24H,2-7,10H2,1H3,(H,31,33,36). The second kappa shape index (κ2) is 11.2. The van der Waals surface area contributed by atoms with Gasteiger partial charge in [-0.3, -0.25) is 24.8 Å². The average molecular weight is 539 g/mol. The van der Waals surface area contributed by atoms with Crippen LogP contribution in [0.2, 0.25) is 0 Å². The van der Waals surface area contributed by atoms with Gasteiger partial charge in [-0.1, -0.05) is 23.7 Å². The molecule has 0 aromatic carbocycles. The molecule has 0 unspecified atom stereocenters. The first-order chi connectivity index (χ1) is 18.4. The maximum Gasteiger partial charge on any atom is 0.280 e. The van der Waals surface area contributed by atoms with Crippen molar-refractivity contribution in [1.29, 1.82) is 0 Å². The molecule has 12 heteroatoms. The lowest BCUT2D eigenvalue weighted by Gasteiger charge is -2.21. The highest BCUT2D eigenvalue weighted by Crippen LogP contribution is 2.37. The summed E-state index contributed by atoms with van der Waals surface area (Å²) in [4.78, 5) is 35.9. The Kier molecular flexibility index (Phi) is 7.55. The summed E-state index contributed by atoms with van der Waals surface area (Å²) in [5.41, 5.74) is 0.104. The van der Waals surface area contributed by atoms with Crippen molar-refractivity contribution in [2.75, 3.05) is 23.9 Å². The molecule has 1 saturated heterocycles. The number of hydrogen-bond acceptors (Lipinski definition) is 8. The van der Waals surface area contributed by atoms with Crippen LogP contribution in [-0.4, -0.2) is 45.6 Å². The van der Waals surface area contributed by atoms with Gasteiger partial charge in [0.2, 0.25) is 11.0 Å². The zero-order chi connectivity index (χ0) is 26.6. The maximum atomic E-state index is 13.6. The van der Waals surface area contributed by atoms with Crippen LogP contribution in [-0.2, 0) is 4.79 Å². The van der Waals surface area contributed by atoms with Crippen molar-refractivity contribution in [3.63, 3.8) is 0 Å². The first kappa shape index (κ1) is 25.7. The van der Waals surface area contributed by atoms with Crippen LogP contribution in [0, 0.1) is 17.8 Å². The molecular weight excluding hydrogens is 514 g/mol. The predicted octanol–water partition coefficient (Wildman–Crippen LogP) is 4.86. The summed E-state index contributed by atoms with van der Waals surface area (Å²) in [6.45, 7) is 0.474. The van der Waals surface area contributed by atoms with Gasteiger partial charge in [-0.2, -0.15) is 0 Å². The van der Waals surface area contributed by atoms with Gasteiger partial charge < -0.3 is 4.74 Å². The van der Waals surface area contributed by atoms with Crippen molar-refractivity contribution in [2.24, 2.45) is 5.92 Å². The monoisotopic (exact) mass is 538 g/mol. The van der Waals surface area contributed by atoms with Gasteiger partial charge in [0.05, 0.1) is 18.9 Å². The zero-order valence-corrected chi connectivity index (χ0v) is 21.4. The Labute approximate surface area is 221 Å². The lowest BCUT2D eigenvalue weighted by molar-refractivity contribution is -0.118. The van der Waals surface area contributed by atoms with E-state index in [1.54, 1.807) is 11.0 Å². The van der Waals surface area contributed by atoms with Crippen LogP contribution in [0.25, 0.3) is 11.1 Å². The highest BCUT2D eigenvalue weighted by atomic mass is 32.1. The number of nitrogens with one attached hydrogen (secondary N) is 1. The molecule has 0 radical (unpaired) electrons. The quantitative estimate of drug-likeness (QED) is 0.446. The summed E-state index contributed by atoms with van der Waals surface area (Å²) in [5.74, 6) is 6.32. The molecule has 3 aromatic heterocycles. The fourth-order valence-electron chi connectivity index (χ4n) is 4.05. The van der Waals surface area contributed by atoms with Crippen LogP contribution in [0.1, 0.15) is 66.0 Å². The third-order valence-electron chi connectivity index (χ3n) is 6.21. The van der Waals surface area contributed by atoms with Crippen molar-refractivity contribution < 1.29 is 23.1 Å². The summed E-state index contributed by atoms with van der Waals surface area (Å²) < 4.78 is 32.5. The highest BCUT2D eigenvalue weighted by Gasteiger charge is 2.25. The molecule has 1 aliphatic carbocycles. The van der Waals surface area contributed by atoms with Crippen molar-refractivity contribution in [3.8, 4) is 28.7 Å². The van der Waals surface area contributed by atoms with E-state index < -0.39 is 18.0 Å². The van der Waals surface area contributed by atoms with E-state index in [-0.39, 0.29) is 33.5 Å². The number of hydrogen-bond donors (Lipinski definition) is 1. The number of carbonyl (C=O) groups is 2. The number of rotatable bonds is 6. The number of methoxy groups -OCH3 is 1. The molecule has 1 saturated carbocycles. The number of alkyl halides is 2. The minimum atomic E-state index is -2.83. The van der Waals surface area contributed by atoms with Gasteiger partial charge in [-0.15, -0.1) is 10.2 Å². The molecule has 4 heterocycles. The minimum absolute atomic E-state index is 0.0817. The molecule has 9 nitrogen and oxygen atoms in total. The molecule has 2 aliphatic rings. The molecule has 5 rings (SSSR count). The summed E-state index contributed by atoms with van der Waals surface area (Å²) >= 11 is 1.13. The molecule has 1 aliphatic heterocycles. The number of halogens is 2. The van der Waals surface area contributed by atoms with E-state index in [2.05, 4.69) is 37.3 Å². The predicted molar refractivity (Wildman–Crippen MR) is 137 cm³/mol. The normalized spacial score (nSPS) is 15.6. The van der Waals surface area contributed by atoms with Crippen molar-refractivity contribution >= 4 is 34.1 Å². The van der Waals surface area contributed by atoms with Gasteiger partial charge in [0, 0.05) is 36.2 Å². The lowest BCUT2D eigenvalue weighted by atomic mass is 9.99. The Balaban J connectivity index is 1.54. The number of carbonyl (C=O) groups excluding carboxylic acids is 2. The highest BCUT2D eigenvalue weighted by molar-refractivity contribution is 7.15. The van der Waals surface area contributed by atoms with Crippen molar-refractivity contribution in [2.45, 2.75) is 45.0 Å². The lowest BCUT2D eigenvalue weighted by Crippen LogP contribution is -2.31. The summed E-state index contributed by atoms with van der Waals surface area (Å²) in [6.07, 6.45) is 4.74. The molecule has 1 N–H and O–H groups in total. The first-order valence-electron chi connectivity index (χ1n) is 12.2. The second-order valence-electron chi connectivity index (χ2n) is 8.96.